The summed E-state index contributed by atoms with van der Waals surface area (Å²) in [7, 11) is -1.40. The first-order valence-corrected chi connectivity index (χ1v) is 11.5. The molecule has 168 valence electrons. The van der Waals surface area contributed by atoms with E-state index in [4.69, 9.17) is 20.4 Å². The van der Waals surface area contributed by atoms with Gasteiger partial charge in [-0.1, -0.05) is 6.92 Å². The van der Waals surface area contributed by atoms with Crippen LogP contribution in [0.15, 0.2) is 15.8 Å². The highest BCUT2D eigenvalue weighted by Gasteiger charge is 2.40. The second-order valence-corrected chi connectivity index (χ2v) is 9.32. The molecule has 0 amide bonds. The number of hydrogen-bond acceptors (Lipinski definition) is 6. The van der Waals surface area contributed by atoms with Crippen LogP contribution in [0.2, 0.25) is 0 Å². The zero-order chi connectivity index (χ0) is 22.4. The zero-order valence-corrected chi connectivity index (χ0v) is 19.5. The molecule has 1 unspecified atom stereocenters. The smallest absolute Gasteiger partial charge is 0.330 e. The molecule has 2 heterocycles. The lowest BCUT2D eigenvalue weighted by Gasteiger charge is -2.37. The maximum absolute atomic E-state index is 12.3. The van der Waals surface area contributed by atoms with Gasteiger partial charge in [-0.15, -0.1) is 0 Å². The largest absolute Gasteiger partial charge is 0.352 e. The molecule has 0 radical (unpaired) electrons. The van der Waals surface area contributed by atoms with Gasteiger partial charge >= 0.3 is 5.69 Å². The van der Waals surface area contributed by atoms with Crippen molar-refractivity contribution in [1.29, 1.82) is 0 Å². The third-order valence-electron chi connectivity index (χ3n) is 4.92. The first-order chi connectivity index (χ1) is 14.2. The van der Waals surface area contributed by atoms with Crippen LogP contribution < -0.4 is 11.2 Å². The minimum atomic E-state index is -1.40. The Morgan fingerprint density at radius 2 is 2.03 bits per heavy atom. The van der Waals surface area contributed by atoms with E-state index in [2.05, 4.69) is 42.2 Å². The molecule has 1 saturated heterocycles. The Morgan fingerprint density at radius 1 is 1.37 bits per heavy atom. The van der Waals surface area contributed by atoms with E-state index in [0.717, 1.165) is 0 Å². The van der Waals surface area contributed by atoms with E-state index in [-0.39, 0.29) is 30.8 Å². The monoisotopic (exact) mass is 440 g/mol. The van der Waals surface area contributed by atoms with Crippen molar-refractivity contribution < 1.29 is 13.8 Å². The predicted molar refractivity (Wildman–Crippen MR) is 116 cm³/mol. The van der Waals surface area contributed by atoms with Crippen molar-refractivity contribution in [2.45, 2.75) is 84.9 Å². The lowest BCUT2D eigenvalue weighted by atomic mass is 10.1. The van der Waals surface area contributed by atoms with Crippen LogP contribution in [0.5, 0.6) is 0 Å². The van der Waals surface area contributed by atoms with Crippen LogP contribution in [-0.2, 0) is 13.8 Å². The third kappa shape index (κ3) is 5.99. The Balaban J connectivity index is 2.24. The van der Waals surface area contributed by atoms with Crippen molar-refractivity contribution in [2.24, 2.45) is 0 Å². The number of aromatic amines is 1. The summed E-state index contributed by atoms with van der Waals surface area (Å²) in [5.41, 5.74) is -0.436. The fourth-order valence-electron chi connectivity index (χ4n) is 3.55. The lowest BCUT2D eigenvalue weighted by molar-refractivity contribution is -0.0201. The molecule has 1 fully saturated rings. The normalized spacial score (nSPS) is 22.7. The number of aryl methyl sites for hydroxylation is 1. The van der Waals surface area contributed by atoms with Crippen LogP contribution in [0.25, 0.3) is 4.85 Å². The molecule has 2 rings (SSSR count). The zero-order valence-electron chi connectivity index (χ0n) is 18.6. The number of rotatable bonds is 10. The first-order valence-electron chi connectivity index (χ1n) is 10.4. The van der Waals surface area contributed by atoms with E-state index < -0.39 is 26.0 Å². The fourth-order valence-corrected chi connectivity index (χ4v) is 5.30. The summed E-state index contributed by atoms with van der Waals surface area (Å²) < 4.78 is 22.2. The van der Waals surface area contributed by atoms with Gasteiger partial charge in [0.15, 0.2) is 0 Å². The van der Waals surface area contributed by atoms with Crippen LogP contribution in [0.4, 0.5) is 0 Å². The fraction of sp³-hybridized carbons (Fsp3) is 0.750. The summed E-state index contributed by atoms with van der Waals surface area (Å²) in [6.07, 6.45) is 1.73. The summed E-state index contributed by atoms with van der Waals surface area (Å²) in [5.74, 6) is 0. The average molecular weight is 440 g/mol. The topological polar surface area (TPSA) is 90.2 Å². The third-order valence-corrected chi connectivity index (χ3v) is 7.07. The van der Waals surface area contributed by atoms with E-state index in [0.29, 0.717) is 25.0 Å². The molecule has 0 aliphatic carbocycles. The van der Waals surface area contributed by atoms with Gasteiger partial charge in [0.05, 0.1) is 12.2 Å². The molecule has 30 heavy (non-hydrogen) atoms. The molecule has 1 aliphatic heterocycles. The second kappa shape index (κ2) is 11.2. The van der Waals surface area contributed by atoms with Gasteiger partial charge in [0.25, 0.3) is 14.1 Å². The number of H-pyrrole nitrogens is 1. The van der Waals surface area contributed by atoms with Crippen LogP contribution in [0, 0.1) is 13.5 Å². The van der Waals surface area contributed by atoms with Gasteiger partial charge in [-0.2, -0.15) is 0 Å². The molecule has 0 saturated carbocycles. The Labute approximate surface area is 179 Å². The van der Waals surface area contributed by atoms with Crippen molar-refractivity contribution in [3.63, 3.8) is 0 Å². The summed E-state index contributed by atoms with van der Waals surface area (Å²) in [6.45, 7) is 19.6. The first kappa shape index (κ1) is 24.7. The van der Waals surface area contributed by atoms with Crippen molar-refractivity contribution in [1.82, 2.24) is 14.2 Å². The molecular weight excluding hydrogens is 407 g/mol. The number of ether oxygens (including phenoxy) is 1. The Bertz CT molecular complexity index is 839. The summed E-state index contributed by atoms with van der Waals surface area (Å²) in [6, 6.07) is 0.401. The minimum Gasteiger partial charge on any atom is -0.352 e. The minimum absolute atomic E-state index is 0.201. The molecular formula is C20H33N4O5P. The standard InChI is InChI=1S/C20H33N4O5P/c1-8-16-17(11-18(28-16)23-12-15(6)19(25)22-20(23)26)29-30(27-10-9-21-7)24(13(2)3)14(4)5/h12-14,16-18H,8-11H2,1-6H3,(H,22,25,26)/t16-,17-,18-,30?/m1/s1. The van der Waals surface area contributed by atoms with Crippen LogP contribution in [0.1, 0.15) is 59.3 Å². The van der Waals surface area contributed by atoms with E-state index in [1.54, 1.807) is 6.92 Å². The van der Waals surface area contributed by atoms with E-state index >= 15 is 0 Å². The van der Waals surface area contributed by atoms with Gasteiger partial charge in [-0.3, -0.25) is 14.3 Å². The van der Waals surface area contributed by atoms with E-state index in [1.807, 2.05) is 6.92 Å². The number of hydrogen-bond donors (Lipinski definition) is 1. The van der Waals surface area contributed by atoms with Gasteiger partial charge < -0.3 is 18.6 Å². The highest BCUT2D eigenvalue weighted by Crippen LogP contribution is 2.50. The van der Waals surface area contributed by atoms with Crippen LogP contribution >= 0.6 is 8.53 Å². The Morgan fingerprint density at radius 3 is 2.60 bits per heavy atom. The quantitative estimate of drug-likeness (QED) is 0.341. The Hall–Kier alpha value is -1.56. The molecule has 1 aromatic rings. The number of nitrogens with zero attached hydrogens (tertiary/aromatic N) is 3. The molecule has 0 aromatic carbocycles. The maximum atomic E-state index is 12.3. The van der Waals surface area contributed by atoms with Gasteiger partial charge in [0.2, 0.25) is 6.54 Å². The summed E-state index contributed by atoms with van der Waals surface area (Å²) in [4.78, 5) is 29.7. The van der Waals surface area contributed by atoms with Gasteiger partial charge in [0.1, 0.15) is 12.8 Å². The second-order valence-electron chi connectivity index (χ2n) is 7.92. The predicted octanol–water partition coefficient (Wildman–Crippen LogP) is 3.21. The van der Waals surface area contributed by atoms with Crippen LogP contribution in [0.3, 0.4) is 0 Å². The Kier molecular flexibility index (Phi) is 9.20. The van der Waals surface area contributed by atoms with Crippen molar-refractivity contribution >= 4 is 8.53 Å². The lowest BCUT2D eigenvalue weighted by Crippen LogP contribution is -2.36. The number of aromatic nitrogens is 2. The molecule has 1 aromatic heterocycles. The molecule has 4 atom stereocenters. The highest BCUT2D eigenvalue weighted by molar-refractivity contribution is 7.44. The van der Waals surface area contributed by atoms with Crippen molar-refractivity contribution in [3.05, 3.63) is 44.0 Å². The maximum Gasteiger partial charge on any atom is 0.330 e. The van der Waals surface area contributed by atoms with E-state index in [1.165, 1.54) is 10.8 Å². The molecule has 0 bridgehead atoms. The number of nitrogens with one attached hydrogen (secondary N) is 1. The van der Waals surface area contributed by atoms with Crippen molar-refractivity contribution in [2.75, 3.05) is 13.2 Å². The summed E-state index contributed by atoms with van der Waals surface area (Å²) in [5, 5.41) is 0. The van der Waals surface area contributed by atoms with Crippen molar-refractivity contribution in [3.8, 4) is 0 Å². The highest BCUT2D eigenvalue weighted by atomic mass is 31.2. The molecule has 9 nitrogen and oxygen atoms in total. The van der Waals surface area contributed by atoms with E-state index in [9.17, 15) is 9.59 Å². The SMILES string of the molecule is [C-]#[N+]CCOP(O[C@@H]1C[C@H](n2cc(C)c(=O)[nH]c2=O)O[C@@H]1CC)N(C(C)C)C(C)C. The van der Waals surface area contributed by atoms with Gasteiger partial charge in [-0.05, 0) is 41.0 Å². The molecule has 0 spiro atoms. The molecule has 1 aliphatic rings. The molecule has 10 heteroatoms. The van der Waals surface area contributed by atoms with Gasteiger partial charge in [0, 0.05) is 30.3 Å². The average Bonchev–Trinajstić information content (AvgIpc) is 3.06. The van der Waals surface area contributed by atoms with Crippen LogP contribution in [-0.4, -0.2) is 51.7 Å². The summed E-state index contributed by atoms with van der Waals surface area (Å²) >= 11 is 0. The molecule has 1 N–H and O–H groups in total. The van der Waals surface area contributed by atoms with Gasteiger partial charge in [-0.25, -0.2) is 16.0 Å².